The minimum absolute atomic E-state index is 0.166. The number of hydrogen-bond acceptors (Lipinski definition) is 5. The lowest BCUT2D eigenvalue weighted by molar-refractivity contribution is 0.221. The molecule has 6 nitrogen and oxygen atoms in total. The Bertz CT molecular complexity index is 608. The van der Waals surface area contributed by atoms with Crippen LogP contribution in [0.15, 0.2) is 24.5 Å². The van der Waals surface area contributed by atoms with Crippen LogP contribution in [-0.4, -0.2) is 42.0 Å². The molecule has 0 fully saturated rings. The Balaban J connectivity index is 1.93. The summed E-state index contributed by atoms with van der Waals surface area (Å²) in [6.45, 7) is 2.49. The third-order valence-corrected chi connectivity index (χ3v) is 3.76. The van der Waals surface area contributed by atoms with Gasteiger partial charge in [-0.3, -0.25) is 0 Å². The lowest BCUT2D eigenvalue weighted by Crippen LogP contribution is -2.30. The highest BCUT2D eigenvalue weighted by molar-refractivity contribution is 7.11. The second kappa shape index (κ2) is 6.53. The summed E-state index contributed by atoms with van der Waals surface area (Å²) in [5, 5.41) is 3.83. The Morgan fingerprint density at radius 3 is 2.52 bits per heavy atom. The zero-order chi connectivity index (χ0) is 15.4. The number of nitrogens with zero attached hydrogens (tertiary/aromatic N) is 4. The summed E-state index contributed by atoms with van der Waals surface area (Å²) in [7, 11) is 5.60. The van der Waals surface area contributed by atoms with Crippen LogP contribution in [-0.2, 0) is 6.54 Å². The monoisotopic (exact) mass is 305 g/mol. The van der Waals surface area contributed by atoms with Gasteiger partial charge in [0.05, 0.1) is 23.4 Å². The molecular weight excluding hydrogens is 286 g/mol. The highest BCUT2D eigenvalue weighted by Crippen LogP contribution is 2.15. The predicted molar refractivity (Wildman–Crippen MR) is 85.9 cm³/mol. The van der Waals surface area contributed by atoms with Gasteiger partial charge in [0.25, 0.3) is 0 Å². The molecular formula is C14H19N5OS. The molecule has 0 aromatic carbocycles. The quantitative estimate of drug-likeness (QED) is 0.943. The molecule has 2 heterocycles. The number of nitrogens with one attached hydrogen (secondary N) is 1. The largest absolute Gasteiger partial charge is 0.363 e. The minimum atomic E-state index is -0.166. The van der Waals surface area contributed by atoms with Crippen molar-refractivity contribution in [1.82, 2.24) is 14.9 Å². The van der Waals surface area contributed by atoms with Gasteiger partial charge in [0.15, 0.2) is 0 Å². The zero-order valence-corrected chi connectivity index (χ0v) is 13.4. The molecule has 0 bridgehead atoms. The number of amides is 2. The van der Waals surface area contributed by atoms with Crippen LogP contribution in [0.25, 0.3) is 0 Å². The van der Waals surface area contributed by atoms with E-state index in [9.17, 15) is 4.79 Å². The summed E-state index contributed by atoms with van der Waals surface area (Å²) < 4.78 is 0. The molecule has 0 spiro atoms. The molecule has 0 saturated carbocycles. The van der Waals surface area contributed by atoms with Crippen molar-refractivity contribution < 1.29 is 4.79 Å². The molecule has 0 radical (unpaired) electrons. The van der Waals surface area contributed by atoms with E-state index in [1.807, 2.05) is 38.1 Å². The maximum Gasteiger partial charge on any atom is 0.321 e. The Morgan fingerprint density at radius 1 is 1.24 bits per heavy atom. The summed E-state index contributed by atoms with van der Waals surface area (Å²) in [6, 6.07) is 3.54. The van der Waals surface area contributed by atoms with Crippen molar-refractivity contribution >= 4 is 28.9 Å². The Morgan fingerprint density at radius 2 is 2.00 bits per heavy atom. The molecule has 0 unspecified atom stereocenters. The fourth-order valence-electron chi connectivity index (χ4n) is 1.73. The number of thiazole rings is 1. The SMILES string of the molecule is Cc1ncc(CN(C)C(=O)Nc2ccc(N(C)C)nc2)s1. The summed E-state index contributed by atoms with van der Waals surface area (Å²) in [4.78, 5) is 25.1. The van der Waals surface area contributed by atoms with Gasteiger partial charge in [0, 0.05) is 32.2 Å². The molecule has 2 aromatic heterocycles. The van der Waals surface area contributed by atoms with Gasteiger partial charge in [0.2, 0.25) is 0 Å². The first-order valence-corrected chi connectivity index (χ1v) is 7.34. The standard InChI is InChI=1S/C14H19N5OS/c1-10-15-8-12(21-10)9-19(4)14(20)17-11-5-6-13(16-7-11)18(2)3/h5-8H,9H2,1-4H3,(H,17,20). The van der Waals surface area contributed by atoms with Crippen molar-refractivity contribution in [3.8, 4) is 0 Å². The summed E-state index contributed by atoms with van der Waals surface area (Å²) in [5.74, 6) is 0.849. The van der Waals surface area contributed by atoms with Gasteiger partial charge < -0.3 is 15.1 Å². The fraction of sp³-hybridized carbons (Fsp3) is 0.357. The number of pyridine rings is 1. The number of hydrogen-bond donors (Lipinski definition) is 1. The molecule has 0 aliphatic carbocycles. The van der Waals surface area contributed by atoms with Crippen molar-refractivity contribution in [1.29, 1.82) is 0 Å². The summed E-state index contributed by atoms with van der Waals surface area (Å²) in [5.41, 5.74) is 0.679. The average molecular weight is 305 g/mol. The van der Waals surface area contributed by atoms with Gasteiger partial charge in [-0.25, -0.2) is 14.8 Å². The average Bonchev–Trinajstić information content (AvgIpc) is 2.84. The van der Waals surface area contributed by atoms with Crippen molar-refractivity contribution in [3.05, 3.63) is 34.4 Å². The first-order chi connectivity index (χ1) is 9.95. The third-order valence-electron chi connectivity index (χ3n) is 2.87. The van der Waals surface area contributed by atoms with Crippen LogP contribution in [0, 0.1) is 6.92 Å². The highest BCUT2D eigenvalue weighted by atomic mass is 32.1. The van der Waals surface area contributed by atoms with Crippen LogP contribution in [0.2, 0.25) is 0 Å². The predicted octanol–water partition coefficient (Wildman–Crippen LogP) is 2.58. The number of carbonyl (C=O) groups excluding carboxylic acids is 1. The molecule has 2 amide bonds. The topological polar surface area (TPSA) is 61.4 Å². The molecule has 2 aromatic rings. The van der Waals surface area contributed by atoms with E-state index >= 15 is 0 Å². The maximum atomic E-state index is 12.1. The lowest BCUT2D eigenvalue weighted by atomic mass is 10.4. The van der Waals surface area contributed by atoms with Gasteiger partial charge >= 0.3 is 6.03 Å². The van der Waals surface area contributed by atoms with Crippen LogP contribution < -0.4 is 10.2 Å². The van der Waals surface area contributed by atoms with Crippen LogP contribution in [0.3, 0.4) is 0 Å². The zero-order valence-electron chi connectivity index (χ0n) is 12.6. The molecule has 0 aliphatic rings. The summed E-state index contributed by atoms with van der Waals surface area (Å²) in [6.07, 6.45) is 3.45. The van der Waals surface area contributed by atoms with E-state index in [-0.39, 0.29) is 6.03 Å². The van der Waals surface area contributed by atoms with Crippen LogP contribution in [0.4, 0.5) is 16.3 Å². The minimum Gasteiger partial charge on any atom is -0.363 e. The van der Waals surface area contributed by atoms with E-state index in [2.05, 4.69) is 15.3 Å². The Kier molecular flexibility index (Phi) is 4.74. The molecule has 7 heteroatoms. The van der Waals surface area contributed by atoms with Crippen LogP contribution >= 0.6 is 11.3 Å². The fourth-order valence-corrected chi connectivity index (χ4v) is 2.58. The molecule has 0 atom stereocenters. The second-order valence-corrected chi connectivity index (χ2v) is 6.25. The van der Waals surface area contributed by atoms with Gasteiger partial charge in [-0.2, -0.15) is 0 Å². The second-order valence-electron chi connectivity index (χ2n) is 4.93. The molecule has 21 heavy (non-hydrogen) atoms. The van der Waals surface area contributed by atoms with E-state index in [1.165, 1.54) is 0 Å². The van der Waals surface area contributed by atoms with Gasteiger partial charge in [-0.05, 0) is 19.1 Å². The molecule has 1 N–H and O–H groups in total. The number of carbonyl (C=O) groups is 1. The van der Waals surface area contributed by atoms with E-state index in [4.69, 9.17) is 0 Å². The maximum absolute atomic E-state index is 12.1. The Labute approximate surface area is 128 Å². The number of urea groups is 1. The van der Waals surface area contributed by atoms with E-state index in [0.717, 1.165) is 15.7 Å². The van der Waals surface area contributed by atoms with Crippen molar-refractivity contribution in [3.63, 3.8) is 0 Å². The number of aryl methyl sites for hydroxylation is 1. The van der Waals surface area contributed by atoms with Crippen molar-refractivity contribution in [2.45, 2.75) is 13.5 Å². The summed E-state index contributed by atoms with van der Waals surface area (Å²) >= 11 is 1.59. The molecule has 0 saturated heterocycles. The first-order valence-electron chi connectivity index (χ1n) is 6.52. The smallest absolute Gasteiger partial charge is 0.321 e. The van der Waals surface area contributed by atoms with E-state index < -0.39 is 0 Å². The van der Waals surface area contributed by atoms with Crippen molar-refractivity contribution in [2.24, 2.45) is 0 Å². The first kappa shape index (κ1) is 15.2. The highest BCUT2D eigenvalue weighted by Gasteiger charge is 2.11. The van der Waals surface area contributed by atoms with Crippen LogP contribution in [0.5, 0.6) is 0 Å². The number of rotatable bonds is 4. The molecule has 0 aliphatic heterocycles. The third kappa shape index (κ3) is 4.16. The molecule has 112 valence electrons. The van der Waals surface area contributed by atoms with Gasteiger partial charge in [-0.1, -0.05) is 0 Å². The van der Waals surface area contributed by atoms with E-state index in [1.54, 1.807) is 35.7 Å². The lowest BCUT2D eigenvalue weighted by Gasteiger charge is -2.17. The number of aromatic nitrogens is 2. The Hall–Kier alpha value is -2.15. The number of anilines is 2. The van der Waals surface area contributed by atoms with E-state index in [0.29, 0.717) is 12.2 Å². The van der Waals surface area contributed by atoms with Crippen LogP contribution in [0.1, 0.15) is 9.88 Å². The molecule has 2 rings (SSSR count). The van der Waals surface area contributed by atoms with Crippen molar-refractivity contribution in [2.75, 3.05) is 31.4 Å². The van der Waals surface area contributed by atoms with Gasteiger partial charge in [0.1, 0.15) is 5.82 Å². The normalized spacial score (nSPS) is 10.3. The van der Waals surface area contributed by atoms with Gasteiger partial charge in [-0.15, -0.1) is 11.3 Å².